The van der Waals surface area contributed by atoms with Crippen LogP contribution in [0.3, 0.4) is 0 Å². The van der Waals surface area contributed by atoms with Crippen LogP contribution in [0.4, 0.5) is 5.82 Å². The molecule has 112 valence electrons. The van der Waals surface area contributed by atoms with Gasteiger partial charge in [0, 0.05) is 5.38 Å². The van der Waals surface area contributed by atoms with E-state index >= 15 is 0 Å². The number of ether oxygens (including phenoxy) is 1. The highest BCUT2D eigenvalue weighted by atomic mass is 35.5. The summed E-state index contributed by atoms with van der Waals surface area (Å²) in [6, 6.07) is 0. The van der Waals surface area contributed by atoms with Gasteiger partial charge in [0.15, 0.2) is 11.5 Å². The predicted octanol–water partition coefficient (Wildman–Crippen LogP) is 0.0770. The third kappa shape index (κ3) is 2.51. The summed E-state index contributed by atoms with van der Waals surface area (Å²) in [4.78, 5) is 13.4. The molecule has 1 aromatic rings. The highest BCUT2D eigenvalue weighted by molar-refractivity contribution is 6.33. The molecule has 0 saturated heterocycles. The first-order chi connectivity index (χ1) is 9.81. The van der Waals surface area contributed by atoms with E-state index in [2.05, 4.69) is 16.0 Å². The maximum Gasteiger partial charge on any atom is 0.369 e. The van der Waals surface area contributed by atoms with E-state index in [-0.39, 0.29) is 11.6 Å². The standard InChI is InChI=1S/C11H10Cl2N4O4/c1-5(18)7-8(19)11(13,2-3-12)9(21-7)17-10(20)16-6(14)4-15-17/h4-5,9,18-19H,1H3,(H2,14,16,20)/t5-,9-,11?/m1/s1. The van der Waals surface area contributed by atoms with Gasteiger partial charge in [-0.25, -0.2) is 4.79 Å². The first-order valence-corrected chi connectivity index (χ1v) is 6.38. The monoisotopic (exact) mass is 332 g/mol. The average Bonchev–Trinajstić information content (AvgIpc) is 2.64. The van der Waals surface area contributed by atoms with Crippen molar-refractivity contribution in [3.8, 4) is 11.3 Å². The van der Waals surface area contributed by atoms with E-state index in [1.807, 2.05) is 5.38 Å². The molecule has 2 heterocycles. The Kier molecular flexibility index (Phi) is 4.00. The van der Waals surface area contributed by atoms with E-state index in [0.29, 0.717) is 0 Å². The molecule has 0 bridgehead atoms. The van der Waals surface area contributed by atoms with Crippen LogP contribution in [0.15, 0.2) is 22.5 Å². The minimum absolute atomic E-state index is 0.0919. The number of aromatic nitrogens is 3. The zero-order chi connectivity index (χ0) is 15.8. The molecule has 1 aliphatic heterocycles. The summed E-state index contributed by atoms with van der Waals surface area (Å²) in [6.45, 7) is 1.34. The lowest BCUT2D eigenvalue weighted by molar-refractivity contribution is 0.0219. The van der Waals surface area contributed by atoms with Crippen LogP contribution in [-0.2, 0) is 4.74 Å². The van der Waals surface area contributed by atoms with Crippen molar-refractivity contribution in [3.63, 3.8) is 0 Å². The van der Waals surface area contributed by atoms with E-state index in [9.17, 15) is 15.0 Å². The first-order valence-electron chi connectivity index (χ1n) is 5.62. The van der Waals surface area contributed by atoms with Crippen LogP contribution in [0.25, 0.3) is 0 Å². The molecule has 0 saturated carbocycles. The van der Waals surface area contributed by atoms with E-state index in [1.165, 1.54) is 6.92 Å². The van der Waals surface area contributed by atoms with Gasteiger partial charge in [-0.05, 0) is 24.4 Å². The molecule has 1 aliphatic rings. The molecule has 10 heteroatoms. The number of hydrogen-bond acceptors (Lipinski definition) is 7. The zero-order valence-corrected chi connectivity index (χ0v) is 12.1. The molecule has 0 amide bonds. The second kappa shape index (κ2) is 5.44. The molecular formula is C11H10Cl2N4O4. The Bertz CT molecular complexity index is 721. The molecule has 0 aliphatic carbocycles. The van der Waals surface area contributed by atoms with Crippen molar-refractivity contribution in [1.82, 2.24) is 14.8 Å². The van der Waals surface area contributed by atoms with Gasteiger partial charge in [-0.2, -0.15) is 14.8 Å². The molecule has 4 N–H and O–H groups in total. The topological polar surface area (TPSA) is 123 Å². The Morgan fingerprint density at radius 1 is 1.67 bits per heavy atom. The fraction of sp³-hybridized carbons (Fsp3) is 0.364. The number of nitrogens with zero attached hydrogens (tertiary/aromatic N) is 3. The van der Waals surface area contributed by atoms with E-state index in [1.54, 1.807) is 0 Å². The fourth-order valence-electron chi connectivity index (χ4n) is 1.78. The van der Waals surface area contributed by atoms with Crippen LogP contribution in [0.5, 0.6) is 0 Å². The number of alkyl halides is 1. The summed E-state index contributed by atoms with van der Waals surface area (Å²) in [7, 11) is 0. The van der Waals surface area contributed by atoms with Gasteiger partial charge >= 0.3 is 5.69 Å². The molecule has 0 aromatic carbocycles. The average molecular weight is 333 g/mol. The van der Waals surface area contributed by atoms with Gasteiger partial charge in [0.05, 0.1) is 6.20 Å². The molecular weight excluding hydrogens is 323 g/mol. The molecule has 0 fully saturated rings. The third-order valence-electron chi connectivity index (χ3n) is 2.72. The van der Waals surface area contributed by atoms with Crippen molar-refractivity contribution < 1.29 is 14.9 Å². The van der Waals surface area contributed by atoms with Crippen LogP contribution >= 0.6 is 23.2 Å². The number of aliphatic hydroxyl groups is 2. The van der Waals surface area contributed by atoms with Gasteiger partial charge < -0.3 is 20.7 Å². The number of rotatable bonds is 2. The summed E-state index contributed by atoms with van der Waals surface area (Å²) >= 11 is 11.6. The Labute approximate surface area is 128 Å². The SMILES string of the molecule is C[C@@H](O)C1=C(O)C(Cl)(C#CCl)[C@H](n2ncc(N)nc2=O)O1. The summed E-state index contributed by atoms with van der Waals surface area (Å²) < 4.78 is 6.06. The molecule has 3 atom stereocenters. The Hall–Kier alpha value is -1.95. The number of hydrogen-bond donors (Lipinski definition) is 3. The van der Waals surface area contributed by atoms with Gasteiger partial charge in [-0.1, -0.05) is 11.6 Å². The second-order valence-corrected chi connectivity index (χ2v) is 4.98. The maximum atomic E-state index is 11.8. The van der Waals surface area contributed by atoms with Crippen LogP contribution in [-0.4, -0.2) is 36.0 Å². The van der Waals surface area contributed by atoms with Crippen LogP contribution in [0, 0.1) is 11.3 Å². The lowest BCUT2D eigenvalue weighted by Gasteiger charge is -2.22. The molecule has 0 radical (unpaired) electrons. The third-order valence-corrected chi connectivity index (χ3v) is 3.28. The first kappa shape index (κ1) is 15.4. The van der Waals surface area contributed by atoms with E-state index in [4.69, 9.17) is 33.7 Å². The summed E-state index contributed by atoms with van der Waals surface area (Å²) in [5, 5.41) is 25.4. The minimum atomic E-state index is -1.89. The maximum absolute atomic E-state index is 11.8. The largest absolute Gasteiger partial charge is 0.506 e. The zero-order valence-electron chi connectivity index (χ0n) is 10.6. The lowest BCUT2D eigenvalue weighted by Crippen LogP contribution is -2.40. The molecule has 8 nitrogen and oxygen atoms in total. The van der Waals surface area contributed by atoms with Gasteiger partial charge in [0.2, 0.25) is 11.1 Å². The fourth-order valence-corrected chi connectivity index (χ4v) is 2.25. The lowest BCUT2D eigenvalue weighted by atomic mass is 10.1. The number of aliphatic hydroxyl groups excluding tert-OH is 2. The predicted molar refractivity (Wildman–Crippen MR) is 74.4 cm³/mol. The Morgan fingerprint density at radius 3 is 2.86 bits per heavy atom. The van der Waals surface area contributed by atoms with Crippen molar-refractivity contribution in [1.29, 1.82) is 0 Å². The highest BCUT2D eigenvalue weighted by Crippen LogP contribution is 2.45. The Balaban J connectivity index is 2.59. The normalized spacial score (nSPS) is 26.0. The summed E-state index contributed by atoms with van der Waals surface area (Å²) in [5.74, 6) is 1.44. The summed E-state index contributed by atoms with van der Waals surface area (Å²) in [6.07, 6.45) is -1.44. The molecule has 2 rings (SSSR count). The van der Waals surface area contributed by atoms with Crippen molar-refractivity contribution in [3.05, 3.63) is 28.2 Å². The minimum Gasteiger partial charge on any atom is -0.506 e. The van der Waals surface area contributed by atoms with Crippen LogP contribution < -0.4 is 11.4 Å². The molecule has 1 aromatic heterocycles. The number of anilines is 1. The number of nitrogen functional groups attached to an aromatic ring is 1. The van der Waals surface area contributed by atoms with Crippen LogP contribution in [0.1, 0.15) is 13.2 Å². The highest BCUT2D eigenvalue weighted by Gasteiger charge is 2.53. The quantitative estimate of drug-likeness (QED) is 0.517. The summed E-state index contributed by atoms with van der Waals surface area (Å²) in [5.41, 5.74) is 4.49. The number of halogens is 2. The van der Waals surface area contributed by atoms with E-state index in [0.717, 1.165) is 10.9 Å². The van der Waals surface area contributed by atoms with Crippen LogP contribution in [0.2, 0.25) is 0 Å². The van der Waals surface area contributed by atoms with E-state index < -0.39 is 28.7 Å². The Morgan fingerprint density at radius 2 is 2.33 bits per heavy atom. The van der Waals surface area contributed by atoms with Gasteiger partial charge in [-0.3, -0.25) is 0 Å². The molecule has 21 heavy (non-hydrogen) atoms. The van der Waals surface area contributed by atoms with Crippen molar-refractivity contribution >= 4 is 29.0 Å². The molecule has 0 spiro atoms. The van der Waals surface area contributed by atoms with Crippen molar-refractivity contribution in [2.75, 3.05) is 5.73 Å². The second-order valence-electron chi connectivity index (χ2n) is 4.20. The van der Waals surface area contributed by atoms with Gasteiger partial charge in [0.1, 0.15) is 11.9 Å². The van der Waals surface area contributed by atoms with Gasteiger partial charge in [-0.15, -0.1) is 0 Å². The number of nitrogens with two attached hydrogens (primary N) is 1. The van der Waals surface area contributed by atoms with Crippen molar-refractivity contribution in [2.45, 2.75) is 24.1 Å². The molecule has 1 unspecified atom stereocenters. The van der Waals surface area contributed by atoms with Gasteiger partial charge in [0.25, 0.3) is 0 Å². The van der Waals surface area contributed by atoms with Crippen molar-refractivity contribution in [2.24, 2.45) is 0 Å². The smallest absolute Gasteiger partial charge is 0.369 e.